The van der Waals surface area contributed by atoms with Crippen LogP contribution in [0, 0.1) is 0 Å². The summed E-state index contributed by atoms with van der Waals surface area (Å²) in [6.07, 6.45) is 0. The molecule has 0 aliphatic heterocycles. The molecule has 2 aromatic carbocycles. The molecule has 21 heavy (non-hydrogen) atoms. The minimum atomic E-state index is -3.70. The van der Waals surface area contributed by atoms with Crippen molar-refractivity contribution in [2.45, 2.75) is 24.5 Å². The van der Waals surface area contributed by atoms with Crippen LogP contribution in [0.5, 0.6) is 0 Å². The number of anilines is 1. The number of hydrogen-bond acceptors (Lipinski definition) is 4. The first-order valence-electron chi connectivity index (χ1n) is 6.49. The predicted octanol–water partition coefficient (Wildman–Crippen LogP) is 2.00. The van der Waals surface area contributed by atoms with Gasteiger partial charge in [0.25, 0.3) is 0 Å². The summed E-state index contributed by atoms with van der Waals surface area (Å²) in [6.45, 7) is 1.90. The monoisotopic (exact) mass is 306 g/mol. The van der Waals surface area contributed by atoms with Crippen LogP contribution in [0.2, 0.25) is 0 Å². The van der Waals surface area contributed by atoms with Gasteiger partial charge in [-0.3, -0.25) is 0 Å². The number of aliphatic hydroxyl groups excluding tert-OH is 1. The Labute approximate surface area is 124 Å². The Bertz CT molecular complexity index is 729. The average molecular weight is 306 g/mol. The second-order valence-electron chi connectivity index (χ2n) is 4.84. The fourth-order valence-electron chi connectivity index (χ4n) is 2.05. The van der Waals surface area contributed by atoms with Crippen LogP contribution < -0.4 is 10.5 Å². The molecule has 112 valence electrons. The molecule has 5 nitrogen and oxygen atoms in total. The van der Waals surface area contributed by atoms with Crippen molar-refractivity contribution in [3.63, 3.8) is 0 Å². The molecule has 0 fully saturated rings. The van der Waals surface area contributed by atoms with Crippen LogP contribution in [-0.2, 0) is 16.6 Å². The van der Waals surface area contributed by atoms with Crippen molar-refractivity contribution in [1.82, 2.24) is 0 Å². The first kappa shape index (κ1) is 15.5. The third kappa shape index (κ3) is 4.04. The summed E-state index contributed by atoms with van der Waals surface area (Å²) in [7, 11) is -3.70. The van der Waals surface area contributed by atoms with E-state index in [1.165, 1.54) is 6.07 Å². The highest BCUT2D eigenvalue weighted by Crippen LogP contribution is 2.22. The van der Waals surface area contributed by atoms with Crippen molar-refractivity contribution in [3.05, 3.63) is 59.7 Å². The van der Waals surface area contributed by atoms with Crippen molar-refractivity contribution in [3.8, 4) is 0 Å². The van der Waals surface area contributed by atoms with E-state index in [9.17, 15) is 8.42 Å². The molecular weight excluding hydrogens is 288 g/mol. The highest BCUT2D eigenvalue weighted by atomic mass is 32.2. The molecular formula is C15H18N2O3S. The molecule has 0 aliphatic carbocycles. The minimum absolute atomic E-state index is 0.0230. The van der Waals surface area contributed by atoms with Crippen LogP contribution in [0.25, 0.3) is 0 Å². The van der Waals surface area contributed by atoms with E-state index < -0.39 is 10.0 Å². The molecule has 4 N–H and O–H groups in total. The predicted molar refractivity (Wildman–Crippen MR) is 82.2 cm³/mol. The molecule has 1 unspecified atom stereocenters. The highest BCUT2D eigenvalue weighted by molar-refractivity contribution is 7.89. The molecule has 0 aromatic heterocycles. The maximum Gasteiger partial charge on any atom is 0.238 e. The molecule has 0 heterocycles. The fraction of sp³-hybridized carbons (Fsp3) is 0.200. The van der Waals surface area contributed by atoms with Gasteiger partial charge in [-0.2, -0.15) is 0 Å². The van der Waals surface area contributed by atoms with Crippen LogP contribution in [0.3, 0.4) is 0 Å². The van der Waals surface area contributed by atoms with Crippen molar-refractivity contribution >= 4 is 15.7 Å². The SMILES string of the molecule is CC(Nc1cccc(CO)c1)c1cccc(S(N)(=O)=O)c1. The van der Waals surface area contributed by atoms with Gasteiger partial charge in [0.05, 0.1) is 11.5 Å². The fourth-order valence-corrected chi connectivity index (χ4v) is 2.62. The summed E-state index contributed by atoms with van der Waals surface area (Å²) in [5.74, 6) is 0. The van der Waals surface area contributed by atoms with E-state index >= 15 is 0 Å². The summed E-state index contributed by atoms with van der Waals surface area (Å²) in [5.41, 5.74) is 2.48. The van der Waals surface area contributed by atoms with Gasteiger partial charge in [-0.1, -0.05) is 24.3 Å². The third-order valence-electron chi connectivity index (χ3n) is 3.18. The van der Waals surface area contributed by atoms with Crippen LogP contribution in [-0.4, -0.2) is 13.5 Å². The van der Waals surface area contributed by atoms with E-state index in [4.69, 9.17) is 10.2 Å². The Morgan fingerprint density at radius 3 is 2.57 bits per heavy atom. The maximum atomic E-state index is 11.4. The number of nitrogens with one attached hydrogen (secondary N) is 1. The molecule has 6 heteroatoms. The Balaban J connectivity index is 2.22. The molecule has 0 saturated carbocycles. The van der Waals surface area contributed by atoms with Gasteiger partial charge in [0.1, 0.15) is 0 Å². The zero-order chi connectivity index (χ0) is 15.5. The van der Waals surface area contributed by atoms with Gasteiger partial charge in [0, 0.05) is 11.7 Å². The van der Waals surface area contributed by atoms with Gasteiger partial charge in [-0.25, -0.2) is 13.6 Å². The number of rotatable bonds is 5. The van der Waals surface area contributed by atoms with E-state index in [0.29, 0.717) is 0 Å². The first-order chi connectivity index (χ1) is 9.90. The lowest BCUT2D eigenvalue weighted by Gasteiger charge is -2.17. The number of primary sulfonamides is 1. The van der Waals surface area contributed by atoms with Gasteiger partial charge >= 0.3 is 0 Å². The van der Waals surface area contributed by atoms with Gasteiger partial charge in [0.2, 0.25) is 10.0 Å². The van der Waals surface area contributed by atoms with E-state index in [0.717, 1.165) is 16.8 Å². The van der Waals surface area contributed by atoms with Crippen LogP contribution in [0.15, 0.2) is 53.4 Å². The molecule has 0 spiro atoms. The lowest BCUT2D eigenvalue weighted by Crippen LogP contribution is -2.13. The Hall–Kier alpha value is -1.89. The van der Waals surface area contributed by atoms with Crippen molar-refractivity contribution in [2.75, 3.05) is 5.32 Å². The molecule has 0 aliphatic rings. The number of sulfonamides is 1. The summed E-state index contributed by atoms with van der Waals surface area (Å²) < 4.78 is 22.8. The smallest absolute Gasteiger partial charge is 0.238 e. The maximum absolute atomic E-state index is 11.4. The zero-order valence-electron chi connectivity index (χ0n) is 11.7. The number of nitrogens with two attached hydrogens (primary N) is 1. The van der Waals surface area contributed by atoms with E-state index in [-0.39, 0.29) is 17.5 Å². The quantitative estimate of drug-likeness (QED) is 0.787. The highest BCUT2D eigenvalue weighted by Gasteiger charge is 2.11. The average Bonchev–Trinajstić information content (AvgIpc) is 2.46. The van der Waals surface area contributed by atoms with Gasteiger partial charge in [-0.15, -0.1) is 0 Å². The molecule has 2 rings (SSSR count). The third-order valence-corrected chi connectivity index (χ3v) is 4.09. The Kier molecular flexibility index (Phi) is 4.62. The van der Waals surface area contributed by atoms with Gasteiger partial charge in [-0.05, 0) is 42.3 Å². The first-order valence-corrected chi connectivity index (χ1v) is 8.04. The van der Waals surface area contributed by atoms with E-state index in [1.807, 2.05) is 37.3 Å². The topological polar surface area (TPSA) is 92.4 Å². The molecule has 0 radical (unpaired) electrons. The number of aliphatic hydroxyl groups is 1. The number of hydrogen-bond donors (Lipinski definition) is 3. The summed E-state index contributed by atoms with van der Waals surface area (Å²) in [5, 5.41) is 17.5. The standard InChI is InChI=1S/C15H18N2O3S/c1-11(17-14-6-2-4-12(8-14)10-18)13-5-3-7-15(9-13)21(16,19)20/h2-9,11,17-18H,10H2,1H3,(H2,16,19,20). The van der Waals surface area contributed by atoms with E-state index in [2.05, 4.69) is 5.32 Å². The normalized spacial score (nSPS) is 12.9. The molecule has 0 amide bonds. The van der Waals surface area contributed by atoms with Crippen LogP contribution in [0.4, 0.5) is 5.69 Å². The summed E-state index contributed by atoms with van der Waals surface area (Å²) in [6, 6.07) is 13.8. The molecule has 0 bridgehead atoms. The van der Waals surface area contributed by atoms with Crippen molar-refractivity contribution in [1.29, 1.82) is 0 Å². The van der Waals surface area contributed by atoms with Crippen LogP contribution in [0.1, 0.15) is 24.1 Å². The van der Waals surface area contributed by atoms with Crippen molar-refractivity contribution in [2.24, 2.45) is 5.14 Å². The van der Waals surface area contributed by atoms with Gasteiger partial charge in [0.15, 0.2) is 0 Å². The van der Waals surface area contributed by atoms with Crippen molar-refractivity contribution < 1.29 is 13.5 Å². The van der Waals surface area contributed by atoms with Crippen LogP contribution >= 0.6 is 0 Å². The number of benzene rings is 2. The lowest BCUT2D eigenvalue weighted by atomic mass is 10.1. The largest absolute Gasteiger partial charge is 0.392 e. The Morgan fingerprint density at radius 2 is 1.90 bits per heavy atom. The summed E-state index contributed by atoms with van der Waals surface area (Å²) >= 11 is 0. The molecule has 2 aromatic rings. The second kappa shape index (κ2) is 6.26. The summed E-state index contributed by atoms with van der Waals surface area (Å²) in [4.78, 5) is 0.0951. The van der Waals surface area contributed by atoms with Gasteiger partial charge < -0.3 is 10.4 Å². The Morgan fingerprint density at radius 1 is 1.19 bits per heavy atom. The van der Waals surface area contributed by atoms with E-state index in [1.54, 1.807) is 12.1 Å². The molecule has 0 saturated heterocycles. The minimum Gasteiger partial charge on any atom is -0.392 e. The zero-order valence-corrected chi connectivity index (χ0v) is 12.5. The lowest BCUT2D eigenvalue weighted by molar-refractivity contribution is 0.282. The molecule has 1 atom stereocenters. The second-order valence-corrected chi connectivity index (χ2v) is 6.40.